The van der Waals surface area contributed by atoms with E-state index in [4.69, 9.17) is 0 Å². The summed E-state index contributed by atoms with van der Waals surface area (Å²) in [5.74, 6) is 0.238. The van der Waals surface area contributed by atoms with E-state index in [-0.39, 0.29) is 18.1 Å². The minimum absolute atomic E-state index is 0.238. The molecule has 1 aliphatic carbocycles. The molecule has 1 aliphatic heterocycles. The Hall–Kier alpha value is -0.610. The summed E-state index contributed by atoms with van der Waals surface area (Å²) in [5, 5.41) is 9.44. The van der Waals surface area contributed by atoms with Crippen LogP contribution in [0.4, 0.5) is 0 Å². The van der Waals surface area contributed by atoms with Crippen LogP contribution in [0.5, 0.6) is 0 Å². The molecule has 0 aromatic rings. The minimum atomic E-state index is -0.311. The highest BCUT2D eigenvalue weighted by atomic mass is 16.3. The van der Waals surface area contributed by atoms with Gasteiger partial charge in [-0.3, -0.25) is 9.69 Å². The number of nitrogens with zero attached hydrogens (tertiary/aromatic N) is 2. The van der Waals surface area contributed by atoms with Crippen LogP contribution in [-0.4, -0.2) is 59.1 Å². The Morgan fingerprint density at radius 2 is 2.18 bits per heavy atom. The molecular weight excluding hydrogens is 216 g/mol. The van der Waals surface area contributed by atoms with Crippen LogP contribution in [-0.2, 0) is 4.79 Å². The van der Waals surface area contributed by atoms with Gasteiger partial charge in [0.25, 0.3) is 0 Å². The van der Waals surface area contributed by atoms with Crippen LogP contribution in [0, 0.1) is 0 Å². The van der Waals surface area contributed by atoms with Gasteiger partial charge in [0.2, 0.25) is 5.91 Å². The van der Waals surface area contributed by atoms with Crippen molar-refractivity contribution in [2.24, 2.45) is 0 Å². The minimum Gasteiger partial charge on any atom is -0.393 e. The van der Waals surface area contributed by atoms with Gasteiger partial charge in [0.15, 0.2) is 0 Å². The van der Waals surface area contributed by atoms with Crippen molar-refractivity contribution in [2.75, 3.05) is 20.1 Å². The molecule has 17 heavy (non-hydrogen) atoms. The summed E-state index contributed by atoms with van der Waals surface area (Å²) < 4.78 is 0. The van der Waals surface area contributed by atoms with E-state index in [1.54, 1.807) is 6.92 Å². The summed E-state index contributed by atoms with van der Waals surface area (Å²) >= 11 is 0. The molecule has 4 nitrogen and oxygen atoms in total. The van der Waals surface area contributed by atoms with Crippen molar-refractivity contribution in [1.82, 2.24) is 9.80 Å². The van der Waals surface area contributed by atoms with Crippen molar-refractivity contribution < 1.29 is 9.90 Å². The van der Waals surface area contributed by atoms with E-state index >= 15 is 0 Å². The molecule has 2 rings (SSSR count). The third kappa shape index (κ3) is 3.42. The lowest BCUT2D eigenvalue weighted by atomic mass is 10.1. The van der Waals surface area contributed by atoms with Crippen LogP contribution < -0.4 is 0 Å². The van der Waals surface area contributed by atoms with E-state index in [2.05, 4.69) is 4.90 Å². The average molecular weight is 240 g/mol. The molecule has 2 atom stereocenters. The van der Waals surface area contributed by atoms with E-state index in [1.807, 2.05) is 11.9 Å². The average Bonchev–Trinajstić information content (AvgIpc) is 2.99. The monoisotopic (exact) mass is 240 g/mol. The number of aliphatic hydroxyl groups excluding tert-OH is 1. The molecule has 1 saturated heterocycles. The fourth-order valence-corrected chi connectivity index (χ4v) is 2.75. The Bertz CT molecular complexity index is 277. The Labute approximate surface area is 104 Å². The fraction of sp³-hybridized carbons (Fsp3) is 0.923. The van der Waals surface area contributed by atoms with Crippen molar-refractivity contribution in [3.8, 4) is 0 Å². The second-order valence-corrected chi connectivity index (χ2v) is 5.61. The summed E-state index contributed by atoms with van der Waals surface area (Å²) in [6.07, 6.45) is 5.01. The van der Waals surface area contributed by atoms with Gasteiger partial charge in [-0.15, -0.1) is 0 Å². The van der Waals surface area contributed by atoms with Crippen LogP contribution in [0.3, 0.4) is 0 Å². The standard InChI is InChI=1S/C13H24N2O2/c1-10(16)8-12-4-3-7-15(12)13(17)9-14(2)11-5-6-11/h10-12,16H,3-9H2,1-2H3. The van der Waals surface area contributed by atoms with E-state index < -0.39 is 0 Å². The molecule has 2 unspecified atom stereocenters. The molecule has 1 saturated carbocycles. The lowest BCUT2D eigenvalue weighted by molar-refractivity contribution is -0.133. The first kappa shape index (κ1) is 12.8. The Morgan fingerprint density at radius 3 is 2.76 bits per heavy atom. The largest absolute Gasteiger partial charge is 0.393 e. The molecule has 98 valence electrons. The first-order valence-electron chi connectivity index (χ1n) is 6.75. The topological polar surface area (TPSA) is 43.8 Å². The third-order valence-corrected chi connectivity index (χ3v) is 3.87. The summed E-state index contributed by atoms with van der Waals surface area (Å²) in [6.45, 7) is 3.22. The zero-order valence-electron chi connectivity index (χ0n) is 10.9. The summed E-state index contributed by atoms with van der Waals surface area (Å²) in [4.78, 5) is 16.3. The quantitative estimate of drug-likeness (QED) is 0.774. The van der Waals surface area contributed by atoms with Crippen LogP contribution in [0.1, 0.15) is 39.0 Å². The van der Waals surface area contributed by atoms with Gasteiger partial charge >= 0.3 is 0 Å². The van der Waals surface area contributed by atoms with Crippen molar-refractivity contribution in [1.29, 1.82) is 0 Å². The number of carbonyl (C=O) groups excluding carboxylic acids is 1. The molecule has 0 aromatic heterocycles. The van der Waals surface area contributed by atoms with Gasteiger partial charge in [0.1, 0.15) is 0 Å². The summed E-state index contributed by atoms with van der Waals surface area (Å²) in [7, 11) is 2.04. The van der Waals surface area contributed by atoms with E-state index in [0.717, 1.165) is 25.8 Å². The van der Waals surface area contributed by atoms with Gasteiger partial charge in [-0.1, -0.05) is 0 Å². The highest BCUT2D eigenvalue weighted by molar-refractivity contribution is 5.79. The smallest absolute Gasteiger partial charge is 0.236 e. The van der Waals surface area contributed by atoms with Gasteiger partial charge in [0, 0.05) is 18.6 Å². The van der Waals surface area contributed by atoms with Crippen LogP contribution in [0.2, 0.25) is 0 Å². The summed E-state index contributed by atoms with van der Waals surface area (Å²) in [5.41, 5.74) is 0. The van der Waals surface area contributed by atoms with Crippen molar-refractivity contribution in [3.63, 3.8) is 0 Å². The van der Waals surface area contributed by atoms with Crippen LogP contribution in [0.25, 0.3) is 0 Å². The molecule has 0 bridgehead atoms. The molecular formula is C13H24N2O2. The third-order valence-electron chi connectivity index (χ3n) is 3.87. The number of aliphatic hydroxyl groups is 1. The SMILES string of the molecule is CC(O)CC1CCCN1C(=O)CN(C)C1CC1. The molecule has 0 radical (unpaired) electrons. The van der Waals surface area contributed by atoms with E-state index in [0.29, 0.717) is 12.6 Å². The van der Waals surface area contributed by atoms with Gasteiger partial charge in [0.05, 0.1) is 12.6 Å². The first-order valence-corrected chi connectivity index (χ1v) is 6.75. The number of amides is 1. The van der Waals surface area contributed by atoms with Gasteiger partial charge < -0.3 is 10.0 Å². The lowest BCUT2D eigenvalue weighted by Gasteiger charge is -2.27. The molecule has 2 aliphatic rings. The van der Waals surface area contributed by atoms with Crippen molar-refractivity contribution in [2.45, 2.75) is 57.2 Å². The van der Waals surface area contributed by atoms with E-state index in [9.17, 15) is 9.90 Å². The first-order chi connectivity index (χ1) is 8.08. The highest BCUT2D eigenvalue weighted by Gasteiger charge is 2.32. The molecule has 1 N–H and O–H groups in total. The van der Waals surface area contributed by atoms with Crippen molar-refractivity contribution in [3.05, 3.63) is 0 Å². The van der Waals surface area contributed by atoms with Gasteiger partial charge in [-0.2, -0.15) is 0 Å². The Balaban J connectivity index is 1.84. The predicted molar refractivity (Wildman–Crippen MR) is 66.7 cm³/mol. The maximum absolute atomic E-state index is 12.2. The number of likely N-dealkylation sites (N-methyl/N-ethyl adjacent to an activating group) is 1. The fourth-order valence-electron chi connectivity index (χ4n) is 2.75. The Morgan fingerprint density at radius 1 is 1.47 bits per heavy atom. The number of carbonyl (C=O) groups is 1. The molecule has 0 spiro atoms. The normalized spacial score (nSPS) is 26.6. The number of hydrogen-bond donors (Lipinski definition) is 1. The number of hydrogen-bond acceptors (Lipinski definition) is 3. The van der Waals surface area contributed by atoms with Crippen LogP contribution in [0.15, 0.2) is 0 Å². The maximum Gasteiger partial charge on any atom is 0.236 e. The second-order valence-electron chi connectivity index (χ2n) is 5.61. The summed E-state index contributed by atoms with van der Waals surface area (Å²) in [6, 6.07) is 0.895. The van der Waals surface area contributed by atoms with Crippen LogP contribution >= 0.6 is 0 Å². The maximum atomic E-state index is 12.2. The second kappa shape index (κ2) is 5.36. The number of likely N-dealkylation sites (tertiary alicyclic amines) is 1. The number of rotatable bonds is 5. The molecule has 1 amide bonds. The Kier molecular flexibility index (Phi) is 4.05. The molecule has 4 heteroatoms. The van der Waals surface area contributed by atoms with Gasteiger partial charge in [-0.25, -0.2) is 0 Å². The lowest BCUT2D eigenvalue weighted by Crippen LogP contribution is -2.43. The molecule has 0 aromatic carbocycles. The predicted octanol–water partition coefficient (Wildman–Crippen LogP) is 0.842. The van der Waals surface area contributed by atoms with Gasteiger partial charge in [-0.05, 0) is 46.1 Å². The molecule has 2 fully saturated rings. The zero-order valence-corrected chi connectivity index (χ0v) is 10.9. The van der Waals surface area contributed by atoms with E-state index in [1.165, 1.54) is 12.8 Å². The van der Waals surface area contributed by atoms with Crippen molar-refractivity contribution >= 4 is 5.91 Å². The molecule has 1 heterocycles. The zero-order chi connectivity index (χ0) is 12.4. The highest BCUT2D eigenvalue weighted by Crippen LogP contribution is 2.26.